The largest absolute Gasteiger partial charge is 0.481 e. The van der Waals surface area contributed by atoms with Gasteiger partial charge in [0, 0.05) is 31.4 Å². The zero-order valence-corrected chi connectivity index (χ0v) is 33.3. The Morgan fingerprint density at radius 3 is 2.31 bits per heavy atom. The lowest BCUT2D eigenvalue weighted by Crippen LogP contribution is -2.59. The summed E-state index contributed by atoms with van der Waals surface area (Å²) in [6.07, 6.45) is 4.12. The van der Waals surface area contributed by atoms with Crippen LogP contribution < -0.4 is 24.8 Å². The maximum atomic E-state index is 14.3. The smallest absolute Gasteiger partial charge is 0.408 e. The lowest BCUT2D eigenvalue weighted by molar-refractivity contribution is -0.151. The Morgan fingerprint density at radius 1 is 1.09 bits per heavy atom. The number of nitrogens with one attached hydrogen (secondary N) is 3. The predicted molar refractivity (Wildman–Crippen MR) is 195 cm³/mol. The average molecular weight is 784 g/mol. The Morgan fingerprint density at radius 2 is 1.74 bits per heavy atom. The molecule has 1 aliphatic heterocycles. The van der Waals surface area contributed by atoms with Gasteiger partial charge < -0.3 is 29.7 Å². The maximum Gasteiger partial charge on any atom is 0.408 e. The third-order valence-corrected chi connectivity index (χ3v) is 12.7. The molecule has 0 radical (unpaired) electrons. The number of aromatic nitrogens is 1. The van der Waals surface area contributed by atoms with Crippen LogP contribution in [0.25, 0.3) is 0 Å². The molecular formula is C37H55F2N5O9S. The molecule has 2 aliphatic carbocycles. The van der Waals surface area contributed by atoms with Crippen molar-refractivity contribution in [1.29, 1.82) is 0 Å². The number of pyridine rings is 1. The topological polar surface area (TPSA) is 182 Å². The fourth-order valence-corrected chi connectivity index (χ4v) is 7.36. The minimum absolute atomic E-state index is 0.0657. The van der Waals surface area contributed by atoms with Crippen molar-refractivity contribution in [3.8, 4) is 11.8 Å². The maximum absolute atomic E-state index is 14.3. The molecule has 1 saturated heterocycles. The molecule has 4 amide bonds. The van der Waals surface area contributed by atoms with E-state index >= 15 is 0 Å². The molecule has 54 heavy (non-hydrogen) atoms. The van der Waals surface area contributed by atoms with E-state index < -0.39 is 85.7 Å². The van der Waals surface area contributed by atoms with Crippen molar-refractivity contribution in [3.05, 3.63) is 30.4 Å². The van der Waals surface area contributed by atoms with Gasteiger partial charge in [-0.15, -0.1) is 0 Å². The lowest BCUT2D eigenvalue weighted by atomic mass is 10.0. The highest BCUT2D eigenvalue weighted by Crippen LogP contribution is 2.47. The molecular weight excluding hydrogens is 728 g/mol. The highest BCUT2D eigenvalue weighted by molar-refractivity contribution is 7.91. The number of methoxy groups -OCH3 is 1. The molecule has 302 valence electrons. The summed E-state index contributed by atoms with van der Waals surface area (Å²) < 4.78 is 72.0. The number of hydrogen-bond acceptors (Lipinski definition) is 10. The van der Waals surface area contributed by atoms with Crippen LogP contribution in [0.3, 0.4) is 0 Å². The number of allylic oxidation sites excluding steroid dienone is 1. The first-order chi connectivity index (χ1) is 24.9. The van der Waals surface area contributed by atoms with Crippen molar-refractivity contribution >= 4 is 33.8 Å². The summed E-state index contributed by atoms with van der Waals surface area (Å²) in [5.41, 5.74) is -3.81. The number of sulfonamides is 1. The van der Waals surface area contributed by atoms with E-state index in [0.29, 0.717) is 25.7 Å². The van der Waals surface area contributed by atoms with Crippen LogP contribution in [0.5, 0.6) is 11.8 Å². The van der Waals surface area contributed by atoms with Gasteiger partial charge in [-0.2, -0.15) is 4.98 Å². The summed E-state index contributed by atoms with van der Waals surface area (Å²) in [5, 5.41) is 5.20. The first kappa shape index (κ1) is 42.7. The summed E-state index contributed by atoms with van der Waals surface area (Å²) in [6, 6.07) is 2.26. The molecule has 0 aromatic carbocycles. The number of carbonyl (C=O) groups excluding carboxylic acids is 4. The van der Waals surface area contributed by atoms with Gasteiger partial charge in [0.15, 0.2) is 5.60 Å². The number of hydrogen-bond donors (Lipinski definition) is 3. The average Bonchev–Trinajstić information content (AvgIpc) is 3.94. The summed E-state index contributed by atoms with van der Waals surface area (Å²) in [4.78, 5) is 60.8. The normalized spacial score (nSPS) is 24.2. The SMILES string of the molecule is COc1cccc(O[C@@H]2C[C@@H](C(=O)N[C@]3(C(=O)NS(=O)(=O)C4(C)CC4)C[C@H]3/C=C\CCC(C)C)N(C(=O)[C@@H](NC(=O)OC(C)(C)C(C)(F)F)C(C)C)C2)n1. The third kappa shape index (κ3) is 9.79. The van der Waals surface area contributed by atoms with Crippen LogP contribution in [-0.4, -0.2) is 95.8 Å². The third-order valence-electron chi connectivity index (χ3n) is 10.5. The summed E-state index contributed by atoms with van der Waals surface area (Å²) in [5.74, 6) is -5.99. The van der Waals surface area contributed by atoms with Crippen LogP contribution in [0, 0.1) is 17.8 Å². The van der Waals surface area contributed by atoms with Crippen molar-refractivity contribution in [2.75, 3.05) is 13.7 Å². The van der Waals surface area contributed by atoms with E-state index in [1.165, 1.54) is 12.0 Å². The predicted octanol–water partition coefficient (Wildman–Crippen LogP) is 4.49. The molecule has 0 unspecified atom stereocenters. The molecule has 0 bridgehead atoms. The molecule has 1 aromatic heterocycles. The van der Waals surface area contributed by atoms with Crippen molar-refractivity contribution in [2.24, 2.45) is 17.8 Å². The van der Waals surface area contributed by atoms with E-state index in [9.17, 15) is 36.4 Å². The summed E-state index contributed by atoms with van der Waals surface area (Å²) >= 11 is 0. The molecule has 2 heterocycles. The van der Waals surface area contributed by atoms with Crippen LogP contribution in [0.1, 0.15) is 93.9 Å². The molecule has 3 N–H and O–H groups in total. The number of alkyl halides is 2. The zero-order chi connectivity index (χ0) is 40.4. The van der Waals surface area contributed by atoms with E-state index in [-0.39, 0.29) is 31.1 Å². The van der Waals surface area contributed by atoms with Gasteiger partial charge in [0.2, 0.25) is 33.6 Å². The highest BCUT2D eigenvalue weighted by Gasteiger charge is 2.63. The minimum atomic E-state index is -4.05. The fraction of sp³-hybridized carbons (Fsp3) is 0.703. The van der Waals surface area contributed by atoms with Gasteiger partial charge in [-0.1, -0.05) is 45.9 Å². The first-order valence-corrected chi connectivity index (χ1v) is 19.8. The number of rotatable bonds is 17. The van der Waals surface area contributed by atoms with Gasteiger partial charge in [0.1, 0.15) is 23.7 Å². The highest BCUT2D eigenvalue weighted by atomic mass is 32.2. The Balaban J connectivity index is 1.63. The van der Waals surface area contributed by atoms with Gasteiger partial charge in [0.05, 0.1) is 18.4 Å². The molecule has 14 nitrogen and oxygen atoms in total. The molecule has 1 aromatic rings. The van der Waals surface area contributed by atoms with Gasteiger partial charge in [0.25, 0.3) is 11.8 Å². The van der Waals surface area contributed by atoms with Crippen LogP contribution in [-0.2, 0) is 29.1 Å². The van der Waals surface area contributed by atoms with Crippen molar-refractivity contribution in [1.82, 2.24) is 25.2 Å². The first-order valence-electron chi connectivity index (χ1n) is 18.4. The fourth-order valence-electron chi connectivity index (χ4n) is 6.05. The molecule has 5 atom stereocenters. The quantitative estimate of drug-likeness (QED) is 0.191. The second-order valence-corrected chi connectivity index (χ2v) is 18.4. The molecule has 2 saturated carbocycles. The second kappa shape index (κ2) is 16.0. The lowest BCUT2D eigenvalue weighted by Gasteiger charge is -2.34. The van der Waals surface area contributed by atoms with Crippen molar-refractivity contribution in [3.63, 3.8) is 0 Å². The number of halogens is 2. The van der Waals surface area contributed by atoms with Gasteiger partial charge in [-0.3, -0.25) is 19.1 Å². The van der Waals surface area contributed by atoms with Crippen LogP contribution in [0.2, 0.25) is 0 Å². The number of likely N-dealkylation sites (tertiary alicyclic amines) is 1. The molecule has 17 heteroatoms. The van der Waals surface area contributed by atoms with E-state index in [4.69, 9.17) is 14.2 Å². The summed E-state index contributed by atoms with van der Waals surface area (Å²) in [6.45, 7) is 11.5. The molecule has 3 aliphatic rings. The second-order valence-electron chi connectivity index (χ2n) is 16.2. The Bertz CT molecular complexity index is 1710. The Hall–Kier alpha value is -4.02. The van der Waals surface area contributed by atoms with E-state index in [1.54, 1.807) is 45.0 Å². The molecule has 4 rings (SSSR count). The monoisotopic (exact) mass is 783 g/mol. The number of amides is 4. The summed E-state index contributed by atoms with van der Waals surface area (Å²) in [7, 11) is -2.61. The Kier molecular flexibility index (Phi) is 12.6. The van der Waals surface area contributed by atoms with E-state index in [2.05, 4.69) is 34.2 Å². The van der Waals surface area contributed by atoms with E-state index in [1.807, 2.05) is 6.08 Å². The molecule has 0 spiro atoms. The van der Waals surface area contributed by atoms with Crippen LogP contribution in [0.15, 0.2) is 30.4 Å². The Labute approximate surface area is 316 Å². The van der Waals surface area contributed by atoms with Gasteiger partial charge in [-0.05, 0) is 64.7 Å². The van der Waals surface area contributed by atoms with Gasteiger partial charge >= 0.3 is 6.09 Å². The number of nitrogens with zero attached hydrogens (tertiary/aromatic N) is 2. The number of ether oxygens (including phenoxy) is 3. The van der Waals surface area contributed by atoms with Gasteiger partial charge in [-0.25, -0.2) is 22.0 Å². The number of carbonyl (C=O) groups is 4. The molecule has 3 fully saturated rings. The van der Waals surface area contributed by atoms with Crippen LogP contribution in [0.4, 0.5) is 13.6 Å². The number of alkyl carbamates (subject to hydrolysis) is 1. The van der Waals surface area contributed by atoms with Crippen molar-refractivity contribution in [2.45, 2.75) is 134 Å². The zero-order valence-electron chi connectivity index (χ0n) is 32.5. The van der Waals surface area contributed by atoms with Crippen LogP contribution >= 0.6 is 0 Å². The standard InChI is InChI=1S/C37H55F2N5O9S/c1-22(2)13-10-11-14-24-20-37(24,32(47)43-54(49,50)35(7)17-18-35)42-30(45)26-19-25(52-28-16-12-15-27(40-28)51-9)21-44(26)31(46)29(23(3)4)41-33(48)53-34(5,6)36(8,38)39/h11-12,14-16,22-26,29H,10,13,17-21H2,1-9H3,(H,41,48)(H,42,45)(H,43,47)/b14-11-/t24-,25-,26+,29+,37-/m1/s1. The van der Waals surface area contributed by atoms with E-state index in [0.717, 1.165) is 26.7 Å². The minimum Gasteiger partial charge on any atom is -0.481 e. The van der Waals surface area contributed by atoms with Crippen molar-refractivity contribution < 1.29 is 50.6 Å².